The van der Waals surface area contributed by atoms with Crippen LogP contribution in [0.25, 0.3) is 0 Å². The van der Waals surface area contributed by atoms with E-state index in [1.807, 2.05) is 0 Å². The van der Waals surface area contributed by atoms with Crippen molar-refractivity contribution in [3.05, 3.63) is 0 Å². The van der Waals surface area contributed by atoms with Crippen molar-refractivity contribution >= 4 is 5.91 Å². The van der Waals surface area contributed by atoms with Gasteiger partial charge in [-0.1, -0.05) is 5.92 Å². The third-order valence-electron chi connectivity index (χ3n) is 3.15. The minimum absolute atomic E-state index is 0.0123. The van der Waals surface area contributed by atoms with Crippen LogP contribution in [0.15, 0.2) is 0 Å². The Balaban J connectivity index is 2.40. The molecule has 4 nitrogen and oxygen atoms in total. The first-order chi connectivity index (χ1) is 7.45. The average molecular weight is 223 g/mol. The smallest absolute Gasteiger partial charge is 0.234 e. The summed E-state index contributed by atoms with van der Waals surface area (Å²) in [6.45, 7) is 7.98. The van der Waals surface area contributed by atoms with Gasteiger partial charge in [0.2, 0.25) is 5.91 Å². The van der Waals surface area contributed by atoms with Crippen molar-refractivity contribution in [1.82, 2.24) is 15.1 Å². The zero-order valence-electron chi connectivity index (χ0n) is 10.4. The lowest BCUT2D eigenvalue weighted by molar-refractivity contribution is -0.123. The Morgan fingerprint density at radius 2 is 2.19 bits per heavy atom. The minimum atomic E-state index is 0.0123. The molecule has 0 aliphatic carbocycles. The minimum Gasteiger partial charge on any atom is -0.344 e. The van der Waals surface area contributed by atoms with Crippen LogP contribution in [0.3, 0.4) is 0 Å². The summed E-state index contributed by atoms with van der Waals surface area (Å²) < 4.78 is 0. The first-order valence-electron chi connectivity index (χ1n) is 5.59. The fraction of sp³-hybridized carbons (Fsp3) is 0.750. The van der Waals surface area contributed by atoms with Crippen molar-refractivity contribution in [2.75, 3.05) is 39.8 Å². The fourth-order valence-corrected chi connectivity index (χ4v) is 1.88. The maximum atomic E-state index is 11.5. The molecule has 1 aliphatic heterocycles. The standard InChI is InChI=1S/C12H21N3O/c1-5-6-13-11(16)9-15-8-7-14(4)12(2,3)10-15/h1H,6-10H2,2-4H3,(H,13,16). The second kappa shape index (κ2) is 5.33. The largest absolute Gasteiger partial charge is 0.344 e. The van der Waals surface area contributed by atoms with Gasteiger partial charge >= 0.3 is 0 Å². The summed E-state index contributed by atoms with van der Waals surface area (Å²) in [5, 5.41) is 2.69. The summed E-state index contributed by atoms with van der Waals surface area (Å²) in [5.41, 5.74) is 0.130. The van der Waals surface area contributed by atoms with Crippen molar-refractivity contribution in [1.29, 1.82) is 0 Å². The lowest BCUT2D eigenvalue weighted by Gasteiger charge is -2.45. The number of amides is 1. The monoisotopic (exact) mass is 223 g/mol. The summed E-state index contributed by atoms with van der Waals surface area (Å²) >= 11 is 0. The van der Waals surface area contributed by atoms with Gasteiger partial charge in [0.1, 0.15) is 0 Å². The predicted octanol–water partition coefficient (Wildman–Crippen LogP) is -0.238. The number of nitrogens with zero attached hydrogens (tertiary/aromatic N) is 2. The number of nitrogens with one attached hydrogen (secondary N) is 1. The first-order valence-corrected chi connectivity index (χ1v) is 5.59. The molecule has 16 heavy (non-hydrogen) atoms. The van der Waals surface area contributed by atoms with E-state index in [-0.39, 0.29) is 11.4 Å². The van der Waals surface area contributed by atoms with Crippen LogP contribution in [0.1, 0.15) is 13.8 Å². The molecule has 4 heteroatoms. The van der Waals surface area contributed by atoms with Crippen LogP contribution < -0.4 is 5.32 Å². The molecule has 0 aromatic heterocycles. The van der Waals surface area contributed by atoms with Gasteiger partial charge < -0.3 is 5.32 Å². The van der Waals surface area contributed by atoms with Crippen LogP contribution in [0.2, 0.25) is 0 Å². The Kier molecular flexibility index (Phi) is 4.34. The maximum absolute atomic E-state index is 11.5. The summed E-state index contributed by atoms with van der Waals surface area (Å²) in [6, 6.07) is 0. The highest BCUT2D eigenvalue weighted by Gasteiger charge is 2.31. The predicted molar refractivity (Wildman–Crippen MR) is 65.0 cm³/mol. The third-order valence-corrected chi connectivity index (χ3v) is 3.15. The number of carbonyl (C=O) groups is 1. The Bertz CT molecular complexity index is 293. The summed E-state index contributed by atoms with van der Waals surface area (Å²) in [4.78, 5) is 16.0. The number of likely N-dealkylation sites (N-methyl/N-ethyl adjacent to an activating group) is 1. The number of hydrogen-bond acceptors (Lipinski definition) is 3. The Morgan fingerprint density at radius 1 is 1.50 bits per heavy atom. The molecule has 0 aromatic rings. The quantitative estimate of drug-likeness (QED) is 0.671. The second-order valence-corrected chi connectivity index (χ2v) is 4.93. The van der Waals surface area contributed by atoms with Crippen LogP contribution in [-0.4, -0.2) is 61.0 Å². The van der Waals surface area contributed by atoms with E-state index < -0.39 is 0 Å². The molecule has 1 saturated heterocycles. The number of rotatable bonds is 3. The molecule has 1 rings (SSSR count). The van der Waals surface area contributed by atoms with E-state index in [9.17, 15) is 4.79 Å². The number of hydrogen-bond donors (Lipinski definition) is 1. The van der Waals surface area contributed by atoms with E-state index in [0.717, 1.165) is 19.6 Å². The van der Waals surface area contributed by atoms with Crippen molar-refractivity contribution in [3.63, 3.8) is 0 Å². The Hall–Kier alpha value is -1.05. The molecule has 1 amide bonds. The fourth-order valence-electron chi connectivity index (χ4n) is 1.88. The van der Waals surface area contributed by atoms with Crippen molar-refractivity contribution in [2.45, 2.75) is 19.4 Å². The second-order valence-electron chi connectivity index (χ2n) is 4.93. The van der Waals surface area contributed by atoms with Gasteiger partial charge in [-0.3, -0.25) is 14.6 Å². The SMILES string of the molecule is C#CCNC(=O)CN1CCN(C)C(C)(C)C1. The number of carbonyl (C=O) groups excluding carboxylic acids is 1. The van der Waals surface area contributed by atoms with Gasteiger partial charge in [0.05, 0.1) is 13.1 Å². The topological polar surface area (TPSA) is 35.6 Å². The highest BCUT2D eigenvalue weighted by atomic mass is 16.2. The van der Waals surface area contributed by atoms with E-state index >= 15 is 0 Å². The molecule has 1 N–H and O–H groups in total. The van der Waals surface area contributed by atoms with Crippen molar-refractivity contribution in [2.24, 2.45) is 0 Å². The lowest BCUT2D eigenvalue weighted by Crippen LogP contribution is -2.58. The van der Waals surface area contributed by atoms with Gasteiger partial charge in [0.25, 0.3) is 0 Å². The molecular formula is C12H21N3O. The molecular weight excluding hydrogens is 202 g/mol. The highest BCUT2D eigenvalue weighted by molar-refractivity contribution is 5.78. The van der Waals surface area contributed by atoms with Crippen LogP contribution >= 0.6 is 0 Å². The van der Waals surface area contributed by atoms with Crippen LogP contribution in [-0.2, 0) is 4.79 Å². The average Bonchev–Trinajstić information content (AvgIpc) is 2.20. The normalized spacial score (nSPS) is 21.4. The zero-order chi connectivity index (χ0) is 12.2. The summed E-state index contributed by atoms with van der Waals surface area (Å²) in [6.07, 6.45) is 5.09. The molecule has 0 aromatic carbocycles. The van der Waals surface area contributed by atoms with Crippen LogP contribution in [0.4, 0.5) is 0 Å². The van der Waals surface area contributed by atoms with E-state index in [1.54, 1.807) is 0 Å². The van der Waals surface area contributed by atoms with E-state index in [4.69, 9.17) is 6.42 Å². The van der Waals surface area contributed by atoms with Gasteiger partial charge in [-0.2, -0.15) is 0 Å². The van der Waals surface area contributed by atoms with Gasteiger partial charge in [-0.05, 0) is 20.9 Å². The molecule has 1 fully saturated rings. The molecule has 0 spiro atoms. The Morgan fingerprint density at radius 3 is 2.75 bits per heavy atom. The van der Waals surface area contributed by atoms with Gasteiger partial charge in [0, 0.05) is 25.2 Å². The van der Waals surface area contributed by atoms with E-state index in [1.165, 1.54) is 0 Å². The summed E-state index contributed by atoms with van der Waals surface area (Å²) in [7, 11) is 2.12. The molecule has 0 atom stereocenters. The Labute approximate surface area is 98.0 Å². The lowest BCUT2D eigenvalue weighted by atomic mass is 10.00. The van der Waals surface area contributed by atoms with Crippen molar-refractivity contribution < 1.29 is 4.79 Å². The number of terminal acetylenes is 1. The van der Waals surface area contributed by atoms with Gasteiger partial charge in [-0.25, -0.2) is 0 Å². The zero-order valence-corrected chi connectivity index (χ0v) is 10.4. The number of piperazine rings is 1. The van der Waals surface area contributed by atoms with Crippen LogP contribution in [0, 0.1) is 12.3 Å². The highest BCUT2D eigenvalue weighted by Crippen LogP contribution is 2.18. The van der Waals surface area contributed by atoms with Gasteiger partial charge in [0.15, 0.2) is 0 Å². The molecule has 90 valence electrons. The maximum Gasteiger partial charge on any atom is 0.234 e. The first kappa shape index (κ1) is 13.0. The molecule has 0 bridgehead atoms. The van der Waals surface area contributed by atoms with Crippen LogP contribution in [0.5, 0.6) is 0 Å². The van der Waals surface area contributed by atoms with Gasteiger partial charge in [-0.15, -0.1) is 6.42 Å². The summed E-state index contributed by atoms with van der Waals surface area (Å²) in [5.74, 6) is 2.41. The van der Waals surface area contributed by atoms with E-state index in [2.05, 4.69) is 41.9 Å². The molecule has 0 saturated carbocycles. The molecule has 1 aliphatic rings. The molecule has 0 radical (unpaired) electrons. The van der Waals surface area contributed by atoms with Crippen molar-refractivity contribution in [3.8, 4) is 12.3 Å². The van der Waals surface area contributed by atoms with E-state index in [0.29, 0.717) is 13.1 Å². The third kappa shape index (κ3) is 3.51. The molecule has 1 heterocycles. The molecule has 0 unspecified atom stereocenters.